The van der Waals surface area contributed by atoms with Crippen LogP contribution < -0.4 is 10.0 Å². The van der Waals surface area contributed by atoms with E-state index in [1.165, 1.54) is 0 Å². The number of rotatable bonds is 1. The lowest BCUT2D eigenvalue weighted by atomic mass is 10.1. The fraction of sp³-hybridized carbons (Fsp3) is 0.400. The Balaban J connectivity index is 2.49. The van der Waals surface area contributed by atoms with Crippen LogP contribution in [0.1, 0.15) is 12.5 Å². The molecule has 1 aromatic rings. The lowest BCUT2D eigenvalue weighted by Crippen LogP contribution is -2.23. The maximum Gasteiger partial charge on any atom is 0.138 e. The van der Waals surface area contributed by atoms with Gasteiger partial charge in [0.1, 0.15) is 5.82 Å². The van der Waals surface area contributed by atoms with E-state index in [2.05, 4.69) is 11.8 Å². The molecule has 1 aromatic carbocycles. The summed E-state index contributed by atoms with van der Waals surface area (Å²) in [6.07, 6.45) is 0.915. The van der Waals surface area contributed by atoms with E-state index in [4.69, 9.17) is 5.14 Å². The molecule has 2 nitrogen and oxygen atoms in total. The number of hydrogen-bond donors (Lipinski definition) is 1. The van der Waals surface area contributed by atoms with E-state index in [1.807, 2.05) is 13.1 Å². The zero-order chi connectivity index (χ0) is 10.3. The molecule has 4 heteroatoms. The Morgan fingerprint density at radius 2 is 2.29 bits per heavy atom. The fourth-order valence-corrected chi connectivity index (χ4v) is 2.21. The summed E-state index contributed by atoms with van der Waals surface area (Å²) in [5, 5.41) is 5.38. The van der Waals surface area contributed by atoms with E-state index < -0.39 is 0 Å². The van der Waals surface area contributed by atoms with Gasteiger partial charge in [0.05, 0.1) is 4.90 Å². The van der Waals surface area contributed by atoms with Crippen LogP contribution in [0.5, 0.6) is 0 Å². The van der Waals surface area contributed by atoms with E-state index in [1.54, 1.807) is 6.07 Å². The molecule has 0 radical (unpaired) electrons. The van der Waals surface area contributed by atoms with Crippen LogP contribution in [0.3, 0.4) is 0 Å². The van der Waals surface area contributed by atoms with E-state index in [0.717, 1.165) is 29.6 Å². The van der Waals surface area contributed by atoms with Crippen molar-refractivity contribution in [3.63, 3.8) is 0 Å². The molecule has 1 heterocycles. The van der Waals surface area contributed by atoms with Gasteiger partial charge in [-0.15, -0.1) is 0 Å². The molecule has 2 N–H and O–H groups in total. The lowest BCUT2D eigenvalue weighted by molar-refractivity contribution is 0.600. The van der Waals surface area contributed by atoms with Gasteiger partial charge in [0.25, 0.3) is 0 Å². The summed E-state index contributed by atoms with van der Waals surface area (Å²) in [6, 6.07) is 3.88. The first-order chi connectivity index (χ1) is 6.63. The Morgan fingerprint density at radius 1 is 1.57 bits per heavy atom. The quantitative estimate of drug-likeness (QED) is 0.723. The average Bonchev–Trinajstić information content (AvgIpc) is 2.41. The monoisotopic (exact) mass is 212 g/mol. The van der Waals surface area contributed by atoms with Gasteiger partial charge in [-0.1, -0.05) is 0 Å². The van der Waals surface area contributed by atoms with Crippen molar-refractivity contribution < 1.29 is 4.39 Å². The van der Waals surface area contributed by atoms with Crippen LogP contribution in [-0.2, 0) is 6.42 Å². The summed E-state index contributed by atoms with van der Waals surface area (Å²) in [7, 11) is 2.03. The zero-order valence-electron chi connectivity index (χ0n) is 8.25. The Labute approximate surface area is 87.4 Å². The minimum absolute atomic E-state index is 0.209. The van der Waals surface area contributed by atoms with Crippen molar-refractivity contribution in [3.8, 4) is 0 Å². The molecule has 0 amide bonds. The predicted molar refractivity (Wildman–Crippen MR) is 58.0 cm³/mol. The summed E-state index contributed by atoms with van der Waals surface area (Å²) in [4.78, 5) is 2.68. The number of halogens is 1. The third kappa shape index (κ3) is 1.38. The Hall–Kier alpha value is -0.740. The van der Waals surface area contributed by atoms with Crippen LogP contribution in [0.4, 0.5) is 10.1 Å². The highest BCUT2D eigenvalue weighted by Gasteiger charge is 2.24. The van der Waals surface area contributed by atoms with E-state index >= 15 is 0 Å². The maximum atomic E-state index is 13.4. The minimum atomic E-state index is -0.209. The van der Waals surface area contributed by atoms with Crippen LogP contribution in [0.15, 0.2) is 17.0 Å². The van der Waals surface area contributed by atoms with Crippen LogP contribution in [-0.4, -0.2) is 13.1 Å². The van der Waals surface area contributed by atoms with E-state index in [0.29, 0.717) is 10.9 Å². The van der Waals surface area contributed by atoms with Crippen LogP contribution in [0.2, 0.25) is 0 Å². The van der Waals surface area contributed by atoms with Gasteiger partial charge in [0.15, 0.2) is 0 Å². The SMILES string of the molecule is CC1Cc2cc(F)c(SN)cc2N1C. The van der Waals surface area contributed by atoms with Crippen molar-refractivity contribution >= 4 is 17.6 Å². The molecule has 0 spiro atoms. The Morgan fingerprint density at radius 3 is 2.93 bits per heavy atom. The standard InChI is InChI=1S/C10H13FN2S/c1-6-3-7-4-8(11)10(14-12)5-9(7)13(6)2/h4-6H,3,12H2,1-2H3. The summed E-state index contributed by atoms with van der Waals surface area (Å²) in [5.41, 5.74) is 2.18. The second-order valence-electron chi connectivity index (χ2n) is 3.69. The van der Waals surface area contributed by atoms with E-state index in [-0.39, 0.29) is 5.82 Å². The largest absolute Gasteiger partial charge is 0.371 e. The third-order valence-electron chi connectivity index (χ3n) is 2.82. The van der Waals surface area contributed by atoms with Gasteiger partial charge in [-0.25, -0.2) is 4.39 Å². The van der Waals surface area contributed by atoms with Crippen molar-refractivity contribution in [3.05, 3.63) is 23.5 Å². The number of likely N-dealkylation sites (N-methyl/N-ethyl adjacent to an activating group) is 1. The first-order valence-electron chi connectivity index (χ1n) is 4.55. The Bertz CT molecular complexity index is 367. The molecular formula is C10H13FN2S. The number of anilines is 1. The average molecular weight is 212 g/mol. The predicted octanol–water partition coefficient (Wildman–Crippen LogP) is 2.17. The molecule has 0 saturated heterocycles. The molecule has 0 aromatic heterocycles. The number of nitrogens with two attached hydrogens (primary N) is 1. The molecule has 14 heavy (non-hydrogen) atoms. The molecule has 0 bridgehead atoms. The highest BCUT2D eigenvalue weighted by atomic mass is 32.2. The van der Waals surface area contributed by atoms with Gasteiger partial charge in [-0.3, -0.25) is 5.14 Å². The minimum Gasteiger partial charge on any atom is -0.371 e. The lowest BCUT2D eigenvalue weighted by Gasteiger charge is -2.18. The molecule has 76 valence electrons. The van der Waals surface area contributed by atoms with Gasteiger partial charge in [0, 0.05) is 18.8 Å². The third-order valence-corrected chi connectivity index (χ3v) is 3.38. The molecule has 2 rings (SSSR count). The van der Waals surface area contributed by atoms with Crippen LogP contribution in [0.25, 0.3) is 0 Å². The molecular weight excluding hydrogens is 199 g/mol. The van der Waals surface area contributed by atoms with Crippen molar-refractivity contribution in [1.82, 2.24) is 0 Å². The van der Waals surface area contributed by atoms with Gasteiger partial charge in [0.2, 0.25) is 0 Å². The maximum absolute atomic E-state index is 13.4. The molecule has 1 aliphatic rings. The van der Waals surface area contributed by atoms with Crippen molar-refractivity contribution in [2.45, 2.75) is 24.3 Å². The molecule has 0 saturated carbocycles. The van der Waals surface area contributed by atoms with Crippen molar-refractivity contribution in [2.75, 3.05) is 11.9 Å². The number of fused-ring (bicyclic) bond motifs is 1. The fourth-order valence-electron chi connectivity index (χ4n) is 1.86. The summed E-state index contributed by atoms with van der Waals surface area (Å²) in [5.74, 6) is -0.209. The number of benzene rings is 1. The van der Waals surface area contributed by atoms with Crippen LogP contribution in [0, 0.1) is 5.82 Å². The second kappa shape index (κ2) is 3.44. The first kappa shape index (κ1) is 9.80. The normalized spacial score (nSPS) is 20.0. The topological polar surface area (TPSA) is 29.3 Å². The van der Waals surface area contributed by atoms with Crippen molar-refractivity contribution in [2.24, 2.45) is 5.14 Å². The molecule has 1 unspecified atom stereocenters. The smallest absolute Gasteiger partial charge is 0.138 e. The van der Waals surface area contributed by atoms with Crippen molar-refractivity contribution in [1.29, 1.82) is 0 Å². The van der Waals surface area contributed by atoms with Gasteiger partial charge < -0.3 is 4.90 Å². The Kier molecular flexibility index (Phi) is 2.41. The summed E-state index contributed by atoms with van der Waals surface area (Å²) >= 11 is 0.963. The van der Waals surface area contributed by atoms with Gasteiger partial charge >= 0.3 is 0 Å². The molecule has 0 fully saturated rings. The molecule has 1 atom stereocenters. The number of hydrogen-bond acceptors (Lipinski definition) is 3. The number of nitrogens with zero attached hydrogens (tertiary/aromatic N) is 1. The molecule has 1 aliphatic heterocycles. The van der Waals surface area contributed by atoms with Crippen LogP contribution >= 0.6 is 11.9 Å². The highest BCUT2D eigenvalue weighted by Crippen LogP contribution is 2.34. The van der Waals surface area contributed by atoms with Gasteiger partial charge in [-0.05, 0) is 43.0 Å². The van der Waals surface area contributed by atoms with Gasteiger partial charge in [-0.2, -0.15) is 0 Å². The second-order valence-corrected chi connectivity index (χ2v) is 4.37. The summed E-state index contributed by atoms with van der Waals surface area (Å²) < 4.78 is 13.4. The van der Waals surface area contributed by atoms with E-state index in [9.17, 15) is 4.39 Å². The first-order valence-corrected chi connectivity index (χ1v) is 5.43. The highest BCUT2D eigenvalue weighted by molar-refractivity contribution is 7.97. The molecule has 0 aliphatic carbocycles. The zero-order valence-corrected chi connectivity index (χ0v) is 9.07. The summed E-state index contributed by atoms with van der Waals surface area (Å²) in [6.45, 7) is 2.13.